The van der Waals surface area contributed by atoms with Gasteiger partial charge in [0.25, 0.3) is 5.69 Å². The highest BCUT2D eigenvalue weighted by molar-refractivity contribution is 5.86. The topological polar surface area (TPSA) is 82.6 Å². The van der Waals surface area contributed by atoms with Gasteiger partial charge in [-0.3, -0.25) is 10.1 Å². The number of hydrogen-bond acceptors (Lipinski definition) is 5. The van der Waals surface area contributed by atoms with Crippen molar-refractivity contribution in [2.75, 3.05) is 0 Å². The van der Waals surface area contributed by atoms with E-state index in [4.69, 9.17) is 9.15 Å². The molecule has 3 aromatic rings. The van der Waals surface area contributed by atoms with Crippen LogP contribution in [0.25, 0.3) is 11.0 Å². The van der Waals surface area contributed by atoms with Gasteiger partial charge in [-0.1, -0.05) is 0 Å². The minimum absolute atomic E-state index is 0.0483. The molecule has 0 bridgehead atoms. The minimum Gasteiger partial charge on any atom is -0.488 e. The average Bonchev–Trinajstić information content (AvgIpc) is 2.68. The van der Waals surface area contributed by atoms with Gasteiger partial charge in [-0.2, -0.15) is 0 Å². The van der Waals surface area contributed by atoms with Crippen LogP contribution in [0, 0.1) is 17.0 Å². The first kappa shape index (κ1) is 17.3. The molecule has 0 aliphatic heterocycles. The second-order valence-corrected chi connectivity index (χ2v) is 6.83. The molecule has 138 valence electrons. The second-order valence-electron chi connectivity index (χ2n) is 6.83. The van der Waals surface area contributed by atoms with Crippen molar-refractivity contribution >= 4 is 16.7 Å². The van der Waals surface area contributed by atoms with E-state index in [-0.39, 0.29) is 17.9 Å². The highest BCUT2D eigenvalue weighted by atomic mass is 16.6. The number of benzene rings is 2. The summed E-state index contributed by atoms with van der Waals surface area (Å²) in [6.07, 6.45) is 3.80. The van der Waals surface area contributed by atoms with E-state index in [2.05, 4.69) is 0 Å². The Morgan fingerprint density at radius 2 is 1.78 bits per heavy atom. The first-order valence-electron chi connectivity index (χ1n) is 8.99. The number of non-ortho nitro benzene ring substituents is 1. The van der Waals surface area contributed by atoms with Crippen LogP contribution in [0.2, 0.25) is 0 Å². The Morgan fingerprint density at radius 3 is 2.48 bits per heavy atom. The lowest BCUT2D eigenvalue weighted by atomic mass is 9.90. The Bertz CT molecular complexity index is 1080. The highest BCUT2D eigenvalue weighted by Gasteiger charge is 2.20. The molecule has 4 rings (SSSR count). The zero-order valence-electron chi connectivity index (χ0n) is 15.0. The molecule has 6 nitrogen and oxygen atoms in total. The van der Waals surface area contributed by atoms with Crippen LogP contribution in [0.4, 0.5) is 5.69 Å². The molecule has 0 spiro atoms. The van der Waals surface area contributed by atoms with Crippen LogP contribution in [0.5, 0.6) is 5.75 Å². The molecule has 27 heavy (non-hydrogen) atoms. The van der Waals surface area contributed by atoms with Crippen molar-refractivity contribution in [2.24, 2.45) is 0 Å². The Balaban J connectivity index is 1.64. The van der Waals surface area contributed by atoms with Crippen molar-refractivity contribution in [3.8, 4) is 5.75 Å². The molecule has 0 saturated heterocycles. The zero-order chi connectivity index (χ0) is 19.0. The molecule has 1 aliphatic rings. The third kappa shape index (κ3) is 3.18. The Kier molecular flexibility index (Phi) is 4.39. The number of fused-ring (bicyclic) bond motifs is 3. The maximum Gasteiger partial charge on any atom is 0.339 e. The summed E-state index contributed by atoms with van der Waals surface area (Å²) in [6.45, 7) is 2.16. The quantitative estimate of drug-likeness (QED) is 0.387. The lowest BCUT2D eigenvalue weighted by Crippen LogP contribution is -2.16. The summed E-state index contributed by atoms with van der Waals surface area (Å²) < 4.78 is 11.5. The van der Waals surface area contributed by atoms with Gasteiger partial charge in [-0.15, -0.1) is 0 Å². The van der Waals surface area contributed by atoms with E-state index in [0.29, 0.717) is 11.3 Å². The summed E-state index contributed by atoms with van der Waals surface area (Å²) in [5, 5.41) is 11.7. The van der Waals surface area contributed by atoms with E-state index in [0.717, 1.165) is 53.3 Å². The van der Waals surface area contributed by atoms with Crippen LogP contribution >= 0.6 is 0 Å². The van der Waals surface area contributed by atoms with E-state index in [9.17, 15) is 14.9 Å². The SMILES string of the molecule is Cc1c(OCc2ccc([N+](=O)[O-])cc2)ccc2c3c(c(=O)oc12)CCCC3. The second kappa shape index (κ2) is 6.87. The summed E-state index contributed by atoms with van der Waals surface area (Å²) in [7, 11) is 0. The van der Waals surface area contributed by atoms with Gasteiger partial charge >= 0.3 is 5.63 Å². The Labute approximate surface area is 155 Å². The predicted molar refractivity (Wildman–Crippen MR) is 101 cm³/mol. The van der Waals surface area contributed by atoms with Gasteiger partial charge in [0.1, 0.15) is 17.9 Å². The van der Waals surface area contributed by atoms with Gasteiger partial charge in [0, 0.05) is 28.6 Å². The van der Waals surface area contributed by atoms with Crippen LogP contribution in [0.15, 0.2) is 45.6 Å². The van der Waals surface area contributed by atoms with Crippen LogP contribution in [0.3, 0.4) is 0 Å². The number of hydrogen-bond donors (Lipinski definition) is 0. The summed E-state index contributed by atoms with van der Waals surface area (Å²) in [6, 6.07) is 10.1. The van der Waals surface area contributed by atoms with E-state index in [1.165, 1.54) is 12.1 Å². The van der Waals surface area contributed by atoms with E-state index in [1.54, 1.807) is 12.1 Å². The normalized spacial score (nSPS) is 13.4. The number of rotatable bonds is 4. The van der Waals surface area contributed by atoms with Crippen molar-refractivity contribution in [3.05, 3.63) is 79.2 Å². The molecule has 1 heterocycles. The predicted octanol–water partition coefficient (Wildman–Crippen LogP) is 4.47. The first-order valence-corrected chi connectivity index (χ1v) is 8.99. The molecule has 0 radical (unpaired) electrons. The Hall–Kier alpha value is -3.15. The Morgan fingerprint density at radius 1 is 1.07 bits per heavy atom. The van der Waals surface area contributed by atoms with Gasteiger partial charge in [0.15, 0.2) is 0 Å². The highest BCUT2D eigenvalue weighted by Crippen LogP contribution is 2.32. The summed E-state index contributed by atoms with van der Waals surface area (Å²) in [4.78, 5) is 22.6. The average molecular weight is 365 g/mol. The zero-order valence-corrected chi connectivity index (χ0v) is 15.0. The van der Waals surface area contributed by atoms with Crippen LogP contribution in [-0.4, -0.2) is 4.92 Å². The summed E-state index contributed by atoms with van der Waals surface area (Å²) >= 11 is 0. The molecular formula is C21H19NO5. The fourth-order valence-electron chi connectivity index (χ4n) is 3.66. The molecule has 1 aromatic heterocycles. The van der Waals surface area contributed by atoms with Crippen LogP contribution < -0.4 is 10.4 Å². The van der Waals surface area contributed by atoms with Gasteiger partial charge in [-0.05, 0) is 68.0 Å². The number of nitro groups is 1. The molecule has 2 aromatic carbocycles. The van der Waals surface area contributed by atoms with Crippen molar-refractivity contribution in [1.82, 2.24) is 0 Å². The lowest BCUT2D eigenvalue weighted by Gasteiger charge is -2.18. The van der Waals surface area contributed by atoms with E-state index >= 15 is 0 Å². The molecule has 0 N–H and O–H groups in total. The largest absolute Gasteiger partial charge is 0.488 e. The maximum atomic E-state index is 12.3. The lowest BCUT2D eigenvalue weighted by molar-refractivity contribution is -0.384. The van der Waals surface area contributed by atoms with Gasteiger partial charge in [0.2, 0.25) is 0 Å². The van der Waals surface area contributed by atoms with Gasteiger partial charge in [0.05, 0.1) is 4.92 Å². The molecule has 0 atom stereocenters. The molecule has 0 saturated carbocycles. The minimum atomic E-state index is -0.430. The van der Waals surface area contributed by atoms with Crippen LogP contribution in [0.1, 0.15) is 35.1 Å². The molecule has 0 unspecified atom stereocenters. The van der Waals surface area contributed by atoms with Crippen molar-refractivity contribution in [2.45, 2.75) is 39.2 Å². The number of ether oxygens (including phenoxy) is 1. The monoisotopic (exact) mass is 365 g/mol. The number of aryl methyl sites for hydroxylation is 2. The third-order valence-electron chi connectivity index (χ3n) is 5.13. The van der Waals surface area contributed by atoms with Crippen molar-refractivity contribution in [1.29, 1.82) is 0 Å². The smallest absolute Gasteiger partial charge is 0.339 e. The van der Waals surface area contributed by atoms with Crippen LogP contribution in [-0.2, 0) is 19.4 Å². The summed E-state index contributed by atoms with van der Waals surface area (Å²) in [5.74, 6) is 0.639. The first-order chi connectivity index (χ1) is 13.0. The third-order valence-corrected chi connectivity index (χ3v) is 5.13. The van der Waals surface area contributed by atoms with E-state index < -0.39 is 4.92 Å². The fraction of sp³-hybridized carbons (Fsp3) is 0.286. The molecule has 1 aliphatic carbocycles. The fourth-order valence-corrected chi connectivity index (χ4v) is 3.66. The molecule has 0 amide bonds. The summed E-state index contributed by atoms with van der Waals surface area (Å²) in [5.41, 5.74) is 3.93. The number of nitrogens with zero attached hydrogens (tertiary/aromatic N) is 1. The molecular weight excluding hydrogens is 346 g/mol. The standard InChI is InChI=1S/C21H19NO5/c1-13-19(26-12-14-6-8-15(9-7-14)22(24)25)11-10-17-16-4-2-3-5-18(16)21(23)27-20(13)17/h6-11H,2-5,12H2,1H3. The maximum absolute atomic E-state index is 12.3. The molecule has 0 fully saturated rings. The molecule has 6 heteroatoms. The van der Waals surface area contributed by atoms with Crippen molar-refractivity contribution in [3.63, 3.8) is 0 Å². The van der Waals surface area contributed by atoms with Gasteiger partial charge < -0.3 is 9.15 Å². The van der Waals surface area contributed by atoms with Gasteiger partial charge in [-0.25, -0.2) is 4.79 Å². The van der Waals surface area contributed by atoms with E-state index in [1.807, 2.05) is 19.1 Å². The number of nitro benzene ring substituents is 1. The van der Waals surface area contributed by atoms with Crippen molar-refractivity contribution < 1.29 is 14.1 Å².